The molecule has 0 radical (unpaired) electrons. The number of anilines is 1. The van der Waals surface area contributed by atoms with E-state index in [1.165, 1.54) is 19.3 Å². The molecule has 4 saturated carbocycles. The van der Waals surface area contributed by atoms with E-state index in [1.807, 2.05) is 29.2 Å². The predicted molar refractivity (Wildman–Crippen MR) is 126 cm³/mol. The van der Waals surface area contributed by atoms with Gasteiger partial charge in [0, 0.05) is 24.3 Å². The molecule has 2 N–H and O–H groups in total. The van der Waals surface area contributed by atoms with Crippen LogP contribution in [0.1, 0.15) is 68.6 Å². The first-order valence-electron chi connectivity index (χ1n) is 11.9. The zero-order valence-electron chi connectivity index (χ0n) is 18.4. The Morgan fingerprint density at radius 1 is 0.968 bits per heavy atom. The summed E-state index contributed by atoms with van der Waals surface area (Å²) in [5.74, 6) is 3.09. The van der Waals surface area contributed by atoms with Crippen molar-refractivity contribution in [3.05, 3.63) is 29.8 Å². The fraction of sp³-hybridized carbons (Fsp3) is 0.640. The molecule has 5 aliphatic rings. The zero-order valence-corrected chi connectivity index (χ0v) is 19.2. The molecule has 6 heteroatoms. The molecule has 5 fully saturated rings. The highest BCUT2D eigenvalue weighted by Gasteiger charge is 2.54. The average Bonchev–Trinajstić information content (AvgIpc) is 2.73. The summed E-state index contributed by atoms with van der Waals surface area (Å²) in [6, 6.07) is 7.41. The predicted octanol–water partition coefficient (Wildman–Crippen LogP) is 4.59. The Balaban J connectivity index is 1.16. The van der Waals surface area contributed by atoms with Crippen molar-refractivity contribution in [2.45, 2.75) is 58.3 Å². The number of hydrogen-bond donors (Lipinski definition) is 2. The van der Waals surface area contributed by atoms with E-state index in [9.17, 15) is 9.59 Å². The van der Waals surface area contributed by atoms with E-state index in [0.29, 0.717) is 16.6 Å². The number of carbonyl (C=O) groups is 2. The van der Waals surface area contributed by atoms with Gasteiger partial charge in [-0.25, -0.2) is 0 Å². The Bertz CT molecular complexity index is 838. The van der Waals surface area contributed by atoms with Crippen molar-refractivity contribution < 1.29 is 9.59 Å². The summed E-state index contributed by atoms with van der Waals surface area (Å²) in [5, 5.41) is 6.47. The highest BCUT2D eigenvalue weighted by atomic mass is 32.1. The van der Waals surface area contributed by atoms with Crippen LogP contribution in [0.15, 0.2) is 24.3 Å². The first-order chi connectivity index (χ1) is 14.9. The van der Waals surface area contributed by atoms with Gasteiger partial charge in [-0.3, -0.25) is 9.59 Å². The summed E-state index contributed by atoms with van der Waals surface area (Å²) < 4.78 is 0. The van der Waals surface area contributed by atoms with Gasteiger partial charge in [0.1, 0.15) is 0 Å². The fourth-order valence-electron chi connectivity index (χ4n) is 6.88. The minimum absolute atomic E-state index is 0.0937. The molecular weight excluding hydrogens is 406 g/mol. The van der Waals surface area contributed by atoms with E-state index in [0.717, 1.165) is 68.6 Å². The summed E-state index contributed by atoms with van der Waals surface area (Å²) in [6.45, 7) is 3.91. The van der Waals surface area contributed by atoms with Crippen LogP contribution in [0.2, 0.25) is 0 Å². The van der Waals surface area contributed by atoms with E-state index in [1.54, 1.807) is 0 Å². The molecule has 5 nitrogen and oxygen atoms in total. The van der Waals surface area contributed by atoms with E-state index < -0.39 is 0 Å². The molecule has 166 valence electrons. The van der Waals surface area contributed by atoms with E-state index in [4.69, 9.17) is 12.2 Å². The summed E-state index contributed by atoms with van der Waals surface area (Å²) >= 11 is 5.45. The van der Waals surface area contributed by atoms with Crippen molar-refractivity contribution in [2.24, 2.45) is 29.1 Å². The van der Waals surface area contributed by atoms with Gasteiger partial charge in [0.25, 0.3) is 5.91 Å². The first-order valence-corrected chi connectivity index (χ1v) is 12.3. The quantitative estimate of drug-likeness (QED) is 0.677. The minimum Gasteiger partial charge on any atom is -0.339 e. The number of rotatable bonds is 3. The lowest BCUT2D eigenvalue weighted by Gasteiger charge is -2.55. The van der Waals surface area contributed by atoms with Crippen LogP contribution in [-0.4, -0.2) is 34.9 Å². The van der Waals surface area contributed by atoms with Gasteiger partial charge >= 0.3 is 0 Å². The Labute approximate surface area is 190 Å². The van der Waals surface area contributed by atoms with Gasteiger partial charge < -0.3 is 15.5 Å². The lowest BCUT2D eigenvalue weighted by atomic mass is 9.49. The van der Waals surface area contributed by atoms with Crippen molar-refractivity contribution in [1.29, 1.82) is 0 Å². The molecule has 0 atom stereocenters. The molecular formula is C25H33N3O2S. The third kappa shape index (κ3) is 4.23. The van der Waals surface area contributed by atoms with Crippen LogP contribution in [0, 0.1) is 29.1 Å². The number of nitrogens with one attached hydrogen (secondary N) is 2. The highest BCUT2D eigenvalue weighted by molar-refractivity contribution is 7.80. The van der Waals surface area contributed by atoms with E-state index >= 15 is 0 Å². The van der Waals surface area contributed by atoms with Crippen LogP contribution in [0.3, 0.4) is 0 Å². The second-order valence-electron chi connectivity index (χ2n) is 10.7. The Morgan fingerprint density at radius 2 is 1.52 bits per heavy atom. The average molecular weight is 440 g/mol. The number of likely N-dealkylation sites (tertiary alicyclic amines) is 1. The molecule has 4 bridgehead atoms. The maximum absolute atomic E-state index is 13.2. The van der Waals surface area contributed by atoms with Gasteiger partial charge in [-0.2, -0.15) is 0 Å². The Hall–Kier alpha value is -1.95. The Kier molecular flexibility index (Phi) is 5.53. The largest absolute Gasteiger partial charge is 0.339 e. The van der Waals surface area contributed by atoms with Crippen molar-refractivity contribution in [1.82, 2.24) is 10.2 Å². The smallest absolute Gasteiger partial charge is 0.253 e. The van der Waals surface area contributed by atoms with Gasteiger partial charge in [0.05, 0.1) is 5.41 Å². The lowest BCUT2D eigenvalue weighted by molar-refractivity contribution is -0.144. The number of benzene rings is 1. The summed E-state index contributed by atoms with van der Waals surface area (Å²) in [5.41, 5.74) is 1.28. The van der Waals surface area contributed by atoms with Crippen LogP contribution in [0.25, 0.3) is 0 Å². The van der Waals surface area contributed by atoms with Gasteiger partial charge in [-0.1, -0.05) is 6.92 Å². The molecule has 0 aromatic heterocycles. The molecule has 1 heterocycles. The molecule has 2 amide bonds. The Morgan fingerprint density at radius 3 is 2.06 bits per heavy atom. The van der Waals surface area contributed by atoms with E-state index in [-0.39, 0.29) is 17.2 Å². The van der Waals surface area contributed by atoms with Gasteiger partial charge in [0.15, 0.2) is 5.11 Å². The van der Waals surface area contributed by atoms with Gasteiger partial charge in [0.2, 0.25) is 5.91 Å². The number of piperidine rings is 1. The molecule has 6 rings (SSSR count). The molecule has 1 aromatic rings. The fourth-order valence-corrected chi connectivity index (χ4v) is 7.09. The topological polar surface area (TPSA) is 61.4 Å². The van der Waals surface area contributed by atoms with Crippen LogP contribution >= 0.6 is 12.2 Å². The zero-order chi connectivity index (χ0) is 21.6. The second-order valence-corrected chi connectivity index (χ2v) is 11.1. The van der Waals surface area contributed by atoms with Crippen LogP contribution in [-0.2, 0) is 4.79 Å². The monoisotopic (exact) mass is 439 g/mol. The molecule has 0 spiro atoms. The molecule has 31 heavy (non-hydrogen) atoms. The number of hydrogen-bond acceptors (Lipinski definition) is 3. The van der Waals surface area contributed by atoms with E-state index in [2.05, 4.69) is 17.6 Å². The van der Waals surface area contributed by atoms with Crippen molar-refractivity contribution in [3.8, 4) is 0 Å². The summed E-state index contributed by atoms with van der Waals surface area (Å²) in [6.07, 6.45) is 9.18. The molecule has 1 aliphatic heterocycles. The SMILES string of the molecule is CC1CCN(C(=O)c2ccc(NC(=S)NC(=O)C34CC5CC(CC(C5)C3)C4)cc2)CC1. The van der Waals surface area contributed by atoms with Crippen LogP contribution < -0.4 is 10.6 Å². The van der Waals surface area contributed by atoms with Crippen LogP contribution in [0.5, 0.6) is 0 Å². The standard InChI is InChI=1S/C25H33N3O2S/c1-16-6-8-28(9-7-16)22(29)20-2-4-21(5-3-20)26-24(31)27-23(30)25-13-17-10-18(14-25)12-19(11-17)15-25/h2-5,16-19H,6-15H2,1H3,(H2,26,27,30,31). The first kappa shape index (κ1) is 20.9. The van der Waals surface area contributed by atoms with Crippen LogP contribution in [0.4, 0.5) is 5.69 Å². The maximum Gasteiger partial charge on any atom is 0.253 e. The van der Waals surface area contributed by atoms with Gasteiger partial charge in [-0.05, 0) is 112 Å². The highest BCUT2D eigenvalue weighted by Crippen LogP contribution is 2.60. The lowest BCUT2D eigenvalue weighted by Crippen LogP contribution is -2.55. The second kappa shape index (κ2) is 8.19. The minimum atomic E-state index is -0.206. The maximum atomic E-state index is 13.2. The number of amides is 2. The summed E-state index contributed by atoms with van der Waals surface area (Å²) in [7, 11) is 0. The third-order valence-corrected chi connectivity index (χ3v) is 8.41. The van der Waals surface area contributed by atoms with Gasteiger partial charge in [-0.15, -0.1) is 0 Å². The van der Waals surface area contributed by atoms with Crippen molar-refractivity contribution >= 4 is 34.8 Å². The molecule has 1 aromatic carbocycles. The molecule has 1 saturated heterocycles. The number of thiocarbonyl (C=S) groups is 1. The molecule has 0 unspecified atom stereocenters. The number of carbonyl (C=O) groups excluding carboxylic acids is 2. The van der Waals surface area contributed by atoms with Crippen molar-refractivity contribution in [3.63, 3.8) is 0 Å². The van der Waals surface area contributed by atoms with Crippen molar-refractivity contribution in [2.75, 3.05) is 18.4 Å². The number of nitrogens with zero attached hydrogens (tertiary/aromatic N) is 1. The normalized spacial score (nSPS) is 32.0. The summed E-state index contributed by atoms with van der Waals surface area (Å²) in [4.78, 5) is 27.8. The molecule has 4 aliphatic carbocycles. The third-order valence-electron chi connectivity index (χ3n) is 8.21.